The predicted octanol–water partition coefficient (Wildman–Crippen LogP) is 2.13. The summed E-state index contributed by atoms with van der Waals surface area (Å²) in [6.45, 7) is 16.8. The van der Waals surface area contributed by atoms with Gasteiger partial charge in [-0.15, -0.1) is 0 Å². The summed E-state index contributed by atoms with van der Waals surface area (Å²) in [5.41, 5.74) is 6.90. The van der Waals surface area contributed by atoms with E-state index >= 15 is 0 Å². The fraction of sp³-hybridized carbons (Fsp3) is 0.638. The van der Waals surface area contributed by atoms with Crippen LogP contribution in [0.25, 0.3) is 0 Å². The van der Waals surface area contributed by atoms with Gasteiger partial charge in [0.1, 0.15) is 37.1 Å². The van der Waals surface area contributed by atoms with Gasteiger partial charge in [0.05, 0.1) is 145 Å². The van der Waals surface area contributed by atoms with Crippen LogP contribution >= 0.6 is 0 Å². The molecule has 0 aliphatic carbocycles. The van der Waals surface area contributed by atoms with E-state index in [0.717, 1.165) is 17.1 Å². The molecule has 0 unspecified atom stereocenters. The highest BCUT2D eigenvalue weighted by molar-refractivity contribution is 6.15. The van der Waals surface area contributed by atoms with E-state index in [9.17, 15) is 33.6 Å². The van der Waals surface area contributed by atoms with E-state index in [2.05, 4.69) is 21.3 Å². The third-order valence-corrected chi connectivity index (χ3v) is 12.0. The zero-order valence-electron chi connectivity index (χ0n) is 49.4. The largest absolute Gasteiger partial charge is 0.491 e. The summed E-state index contributed by atoms with van der Waals surface area (Å²) in [5.74, 6) is -4.09. The minimum atomic E-state index is -1.35. The molecule has 6 N–H and O–H groups in total. The normalized spacial score (nSPS) is 13.3. The van der Waals surface area contributed by atoms with Gasteiger partial charge < -0.3 is 88.6 Å². The third-order valence-electron chi connectivity index (χ3n) is 12.0. The first-order valence-electron chi connectivity index (χ1n) is 28.4. The van der Waals surface area contributed by atoms with Gasteiger partial charge in [-0.05, 0) is 54.2 Å². The van der Waals surface area contributed by atoms with E-state index in [-0.39, 0.29) is 57.5 Å². The monoisotopic (exact) mass is 1190 g/mol. The number of nitrogens with one attached hydrogen (secondary N) is 4. The van der Waals surface area contributed by atoms with Gasteiger partial charge in [-0.2, -0.15) is 0 Å². The number of ether oxygens (including phenoxy) is 13. The molecule has 3 atom stereocenters. The average molecular weight is 1190 g/mol. The van der Waals surface area contributed by atoms with Crippen LogP contribution in [-0.2, 0) is 98.6 Å². The third kappa shape index (κ3) is 32.8. The Morgan fingerprint density at radius 3 is 1.37 bits per heavy atom. The van der Waals surface area contributed by atoms with Gasteiger partial charge in [0.15, 0.2) is 0 Å². The first-order chi connectivity index (χ1) is 40.7. The molecule has 26 nitrogen and oxygen atoms in total. The lowest BCUT2D eigenvalue weighted by Gasteiger charge is -2.30. The minimum Gasteiger partial charge on any atom is -0.491 e. The number of methoxy groups -OCH3 is 1. The van der Waals surface area contributed by atoms with Crippen molar-refractivity contribution in [2.24, 2.45) is 17.6 Å². The Bertz CT molecular complexity index is 2190. The number of carbonyl (C=O) groups is 7. The van der Waals surface area contributed by atoms with E-state index in [1.54, 1.807) is 83.3 Å². The molecular formula is C58H90N6O20. The van der Waals surface area contributed by atoms with Crippen molar-refractivity contribution in [2.75, 3.05) is 164 Å². The van der Waals surface area contributed by atoms with Crippen molar-refractivity contribution >= 4 is 47.2 Å². The van der Waals surface area contributed by atoms with Crippen LogP contribution in [0, 0.1) is 11.8 Å². The second-order valence-electron chi connectivity index (χ2n) is 19.4. The number of amides is 7. The van der Waals surface area contributed by atoms with Crippen molar-refractivity contribution in [3.8, 4) is 5.75 Å². The van der Waals surface area contributed by atoms with Crippen molar-refractivity contribution in [1.82, 2.24) is 20.9 Å². The number of nitrogens with two attached hydrogens (primary N) is 1. The van der Waals surface area contributed by atoms with Crippen LogP contribution in [0.5, 0.6) is 5.75 Å². The van der Waals surface area contributed by atoms with E-state index in [4.69, 9.17) is 67.3 Å². The van der Waals surface area contributed by atoms with E-state index < -0.39 is 59.6 Å². The number of hydrogen-bond acceptors (Lipinski definition) is 20. The number of esters is 1. The summed E-state index contributed by atoms with van der Waals surface area (Å²) in [6.07, 6.45) is 2.37. The summed E-state index contributed by atoms with van der Waals surface area (Å²) in [6, 6.07) is 8.93. The number of benzene rings is 2. The van der Waals surface area contributed by atoms with Crippen molar-refractivity contribution in [1.29, 1.82) is 0 Å². The molecule has 0 radical (unpaired) electrons. The summed E-state index contributed by atoms with van der Waals surface area (Å²) in [5, 5.41) is 10.7. The van der Waals surface area contributed by atoms with Crippen LogP contribution in [0.1, 0.15) is 51.7 Å². The molecule has 3 rings (SSSR count). The van der Waals surface area contributed by atoms with E-state index in [0.29, 0.717) is 155 Å². The van der Waals surface area contributed by atoms with E-state index in [1.165, 1.54) is 0 Å². The van der Waals surface area contributed by atoms with Gasteiger partial charge >= 0.3 is 12.0 Å². The second-order valence-corrected chi connectivity index (χ2v) is 19.4. The van der Waals surface area contributed by atoms with Gasteiger partial charge in [-0.1, -0.05) is 52.0 Å². The summed E-state index contributed by atoms with van der Waals surface area (Å²) in [7, 11) is 1.63. The number of nitrogens with zero attached hydrogens (tertiary/aromatic N) is 1. The Hall–Kier alpha value is -6.17. The van der Waals surface area contributed by atoms with Crippen LogP contribution in [0.15, 0.2) is 60.7 Å². The quantitative estimate of drug-likeness (QED) is 0.0360. The van der Waals surface area contributed by atoms with Crippen molar-refractivity contribution < 1.29 is 95.1 Å². The molecule has 0 saturated carbocycles. The molecule has 2 aromatic carbocycles. The summed E-state index contributed by atoms with van der Waals surface area (Å²) < 4.78 is 70.9. The lowest BCUT2D eigenvalue weighted by Crippen LogP contribution is -2.59. The molecular weight excluding hydrogens is 1100 g/mol. The van der Waals surface area contributed by atoms with Gasteiger partial charge in [0.2, 0.25) is 17.7 Å². The van der Waals surface area contributed by atoms with Crippen molar-refractivity contribution in [2.45, 2.75) is 71.7 Å². The number of carbonyl (C=O) groups excluding carboxylic acids is 7. The first kappa shape index (κ1) is 72.1. The zero-order chi connectivity index (χ0) is 61.0. The maximum atomic E-state index is 14.2. The second kappa shape index (κ2) is 45.2. The van der Waals surface area contributed by atoms with Crippen LogP contribution in [0.4, 0.5) is 10.5 Å². The predicted molar refractivity (Wildman–Crippen MR) is 306 cm³/mol. The number of rotatable bonds is 51. The van der Waals surface area contributed by atoms with Crippen LogP contribution in [-0.4, -0.2) is 224 Å². The molecule has 0 fully saturated rings. The smallest absolute Gasteiger partial charge is 0.312 e. The molecule has 7 amide bonds. The highest BCUT2D eigenvalue weighted by Crippen LogP contribution is 2.20. The first-order valence-corrected chi connectivity index (χ1v) is 28.4. The van der Waals surface area contributed by atoms with Gasteiger partial charge in [0, 0.05) is 37.9 Å². The molecule has 0 spiro atoms. The fourth-order valence-electron chi connectivity index (χ4n) is 7.47. The summed E-state index contributed by atoms with van der Waals surface area (Å²) in [4.78, 5) is 91.8. The van der Waals surface area contributed by atoms with E-state index in [1.807, 2.05) is 0 Å². The van der Waals surface area contributed by atoms with Crippen molar-refractivity contribution in [3.05, 3.63) is 71.8 Å². The maximum Gasteiger partial charge on any atom is 0.312 e. The number of primary amides is 1. The Kier molecular flexibility index (Phi) is 38.8. The topological polar surface area (TPSA) is 317 Å². The molecule has 26 heteroatoms. The maximum absolute atomic E-state index is 14.2. The molecule has 2 aromatic rings. The van der Waals surface area contributed by atoms with Crippen molar-refractivity contribution in [3.63, 3.8) is 0 Å². The highest BCUT2D eigenvalue weighted by atomic mass is 16.6. The lowest BCUT2D eigenvalue weighted by molar-refractivity contribution is -0.148. The average Bonchev–Trinajstić information content (AvgIpc) is 3.82. The Morgan fingerprint density at radius 1 is 0.524 bits per heavy atom. The molecule has 0 saturated heterocycles. The molecule has 0 aromatic heterocycles. The Balaban J connectivity index is 1.30. The van der Waals surface area contributed by atoms with Gasteiger partial charge in [-0.25, -0.2) is 4.79 Å². The molecule has 0 bridgehead atoms. The number of hydrogen-bond donors (Lipinski definition) is 5. The van der Waals surface area contributed by atoms with Crippen LogP contribution in [0.3, 0.4) is 0 Å². The molecule has 1 aliphatic rings. The highest BCUT2D eigenvalue weighted by Gasteiger charge is 2.38. The standard InChI is InChI=1S/C58H90N6O20/c1-43(2)53(56(69)62-49(7-6-18-60-58(59)71)54(67)61-47-12-8-46(9-13-47)42-84-57(70)44(3)4)63-55(68)50(64-51(65)16-17-52(64)66)41-45-10-14-48(15-11-45)83-40-39-82-38-37-81-36-35-80-34-33-79-32-31-78-30-29-77-28-27-76-26-25-75-24-23-74-22-21-73-20-19-72-5/h8-17,43-44,49-50,53H,6-7,18-42H2,1-5H3,(H,61,67)(H,62,69)(H,63,68)(H3,59,60,71)/t49-,50-,53-/m0/s1. The SMILES string of the molecule is COCCOCCOCCOCCOCCOCCOCCOCCOCCOCCOCCOc1ccc(C[C@@H](C(=O)N[C@H](C(=O)N[C@@H](CCCNC(N)=O)C(=O)Nc2ccc(COC(=O)C(C)C)cc2)C(C)C)N2C(=O)C=CC2=O)cc1. The van der Waals surface area contributed by atoms with Crippen LogP contribution in [0.2, 0.25) is 0 Å². The minimum absolute atomic E-state index is 0.0483. The summed E-state index contributed by atoms with van der Waals surface area (Å²) >= 11 is 0. The van der Waals surface area contributed by atoms with Gasteiger partial charge in [0.25, 0.3) is 11.8 Å². The molecule has 472 valence electrons. The molecule has 1 heterocycles. The van der Waals surface area contributed by atoms with Crippen LogP contribution < -0.4 is 31.7 Å². The Morgan fingerprint density at radius 2 is 0.952 bits per heavy atom. The molecule has 84 heavy (non-hydrogen) atoms. The zero-order valence-corrected chi connectivity index (χ0v) is 49.4. The lowest BCUT2D eigenvalue weighted by atomic mass is 9.99. The fourth-order valence-corrected chi connectivity index (χ4v) is 7.47. The molecule has 1 aliphatic heterocycles. The number of imide groups is 1. The number of urea groups is 1. The van der Waals surface area contributed by atoms with Gasteiger partial charge in [-0.3, -0.25) is 33.7 Å². The Labute approximate surface area is 492 Å². The number of anilines is 1.